The molecule has 3 aromatic heterocycles. The largest absolute Gasteiger partial charge is 0.374 e. The number of anilines is 1. The Balaban J connectivity index is 1.57. The standard InChI is InChI=1S/C22H23N7O/c1-14-17(8-12-29(3)16-6-10-23-11-7-16)15(2)25-20(14)13-18-21(27-28-22(18)30)19-5-4-9-24-26-19/h4-7,9-11,13,25H,8,12H2,1-3H3,(H,28,30)/b18-13+. The van der Waals surface area contributed by atoms with Gasteiger partial charge in [0.2, 0.25) is 0 Å². The van der Waals surface area contributed by atoms with E-state index < -0.39 is 0 Å². The van der Waals surface area contributed by atoms with Crippen LogP contribution >= 0.6 is 0 Å². The smallest absolute Gasteiger partial charge is 0.273 e. The van der Waals surface area contributed by atoms with Crippen LogP contribution in [0.15, 0.2) is 53.5 Å². The first-order chi connectivity index (χ1) is 14.5. The number of aromatic amines is 1. The number of nitrogens with zero attached hydrogens (tertiary/aromatic N) is 5. The van der Waals surface area contributed by atoms with Crippen LogP contribution in [0.1, 0.15) is 28.2 Å². The molecule has 1 aliphatic heterocycles. The third kappa shape index (κ3) is 3.84. The van der Waals surface area contributed by atoms with E-state index >= 15 is 0 Å². The molecule has 2 N–H and O–H groups in total. The summed E-state index contributed by atoms with van der Waals surface area (Å²) in [5, 5.41) is 12.1. The Morgan fingerprint density at radius 1 is 1.13 bits per heavy atom. The van der Waals surface area contributed by atoms with Crippen LogP contribution in [0, 0.1) is 13.8 Å². The van der Waals surface area contributed by atoms with Crippen LogP contribution in [-0.2, 0) is 11.2 Å². The molecule has 0 radical (unpaired) electrons. The molecule has 8 nitrogen and oxygen atoms in total. The molecule has 0 unspecified atom stereocenters. The van der Waals surface area contributed by atoms with Gasteiger partial charge in [0.1, 0.15) is 11.4 Å². The fourth-order valence-electron chi connectivity index (χ4n) is 3.58. The molecule has 0 aromatic carbocycles. The van der Waals surface area contributed by atoms with E-state index in [1.54, 1.807) is 30.7 Å². The van der Waals surface area contributed by atoms with Gasteiger partial charge in [-0.2, -0.15) is 10.2 Å². The second kappa shape index (κ2) is 8.28. The Bertz CT molecular complexity index is 1120. The number of aryl methyl sites for hydroxylation is 1. The maximum Gasteiger partial charge on any atom is 0.273 e. The number of hydrazone groups is 1. The Hall–Kier alpha value is -3.81. The molecule has 152 valence electrons. The lowest BCUT2D eigenvalue weighted by atomic mass is 10.0. The summed E-state index contributed by atoms with van der Waals surface area (Å²) in [6.45, 7) is 5.00. The van der Waals surface area contributed by atoms with Crippen molar-refractivity contribution in [2.75, 3.05) is 18.5 Å². The number of carbonyl (C=O) groups is 1. The van der Waals surface area contributed by atoms with Crippen molar-refractivity contribution < 1.29 is 4.79 Å². The van der Waals surface area contributed by atoms with E-state index in [2.05, 4.69) is 56.5 Å². The van der Waals surface area contributed by atoms with Crippen molar-refractivity contribution >= 4 is 23.4 Å². The lowest BCUT2D eigenvalue weighted by Gasteiger charge is -2.19. The lowest BCUT2D eigenvalue weighted by molar-refractivity contribution is -0.116. The van der Waals surface area contributed by atoms with Gasteiger partial charge in [-0.15, -0.1) is 5.10 Å². The third-order valence-corrected chi connectivity index (χ3v) is 5.30. The highest BCUT2D eigenvalue weighted by Gasteiger charge is 2.26. The molecule has 30 heavy (non-hydrogen) atoms. The molecule has 0 bridgehead atoms. The molecule has 4 heterocycles. The van der Waals surface area contributed by atoms with Crippen LogP contribution in [0.25, 0.3) is 6.08 Å². The number of amides is 1. The van der Waals surface area contributed by atoms with Gasteiger partial charge in [-0.05, 0) is 61.7 Å². The highest BCUT2D eigenvalue weighted by molar-refractivity contribution is 6.32. The zero-order chi connectivity index (χ0) is 21.1. The van der Waals surface area contributed by atoms with E-state index in [1.165, 1.54) is 5.56 Å². The second-order valence-electron chi connectivity index (χ2n) is 7.21. The Labute approximate surface area is 174 Å². The van der Waals surface area contributed by atoms with Gasteiger partial charge in [0, 0.05) is 49.3 Å². The fourth-order valence-corrected chi connectivity index (χ4v) is 3.58. The average Bonchev–Trinajstić information content (AvgIpc) is 3.27. The van der Waals surface area contributed by atoms with Crippen LogP contribution in [0.3, 0.4) is 0 Å². The first-order valence-corrected chi connectivity index (χ1v) is 9.72. The summed E-state index contributed by atoms with van der Waals surface area (Å²) in [6, 6.07) is 7.55. The minimum atomic E-state index is -0.249. The molecule has 0 saturated carbocycles. The summed E-state index contributed by atoms with van der Waals surface area (Å²) >= 11 is 0. The van der Waals surface area contributed by atoms with Crippen LogP contribution < -0.4 is 10.3 Å². The van der Waals surface area contributed by atoms with Gasteiger partial charge in [-0.3, -0.25) is 9.78 Å². The molecule has 0 saturated heterocycles. The molecule has 0 spiro atoms. The summed E-state index contributed by atoms with van der Waals surface area (Å²) in [6.07, 6.45) is 7.91. The monoisotopic (exact) mass is 401 g/mol. The van der Waals surface area contributed by atoms with Crippen molar-refractivity contribution in [1.82, 2.24) is 25.6 Å². The first kappa shape index (κ1) is 19.5. The van der Waals surface area contributed by atoms with Gasteiger partial charge in [0.15, 0.2) is 0 Å². The number of rotatable bonds is 6. The van der Waals surface area contributed by atoms with E-state index in [4.69, 9.17) is 0 Å². The molecule has 3 aromatic rings. The van der Waals surface area contributed by atoms with Crippen LogP contribution in [0.4, 0.5) is 5.69 Å². The Morgan fingerprint density at radius 2 is 1.93 bits per heavy atom. The number of likely N-dealkylation sites (N-methyl/N-ethyl adjacent to an activating group) is 1. The summed E-state index contributed by atoms with van der Waals surface area (Å²) in [5.74, 6) is -0.249. The highest BCUT2D eigenvalue weighted by atomic mass is 16.2. The van der Waals surface area contributed by atoms with Gasteiger partial charge in [-0.1, -0.05) is 0 Å². The normalized spacial score (nSPS) is 14.7. The number of pyridine rings is 1. The molecular formula is C22H23N7O. The van der Waals surface area contributed by atoms with E-state index in [0.29, 0.717) is 17.0 Å². The predicted molar refractivity (Wildman–Crippen MR) is 116 cm³/mol. The van der Waals surface area contributed by atoms with Crippen LogP contribution in [-0.4, -0.2) is 45.4 Å². The van der Waals surface area contributed by atoms with Crippen molar-refractivity contribution in [3.8, 4) is 0 Å². The summed E-state index contributed by atoms with van der Waals surface area (Å²) in [5.41, 5.74) is 9.56. The van der Waals surface area contributed by atoms with Crippen LogP contribution in [0.5, 0.6) is 0 Å². The number of H-pyrrole nitrogens is 1. The van der Waals surface area contributed by atoms with Gasteiger partial charge in [0.25, 0.3) is 5.91 Å². The maximum absolute atomic E-state index is 12.4. The van der Waals surface area contributed by atoms with E-state index in [-0.39, 0.29) is 5.91 Å². The molecule has 1 amide bonds. The number of hydrogen-bond donors (Lipinski definition) is 2. The topological polar surface area (TPSA) is 99.2 Å². The molecule has 0 fully saturated rings. The number of aromatic nitrogens is 4. The van der Waals surface area contributed by atoms with Gasteiger partial charge in [-0.25, -0.2) is 5.43 Å². The summed E-state index contributed by atoms with van der Waals surface area (Å²) < 4.78 is 0. The van der Waals surface area contributed by atoms with Crippen LogP contribution in [0.2, 0.25) is 0 Å². The SMILES string of the molecule is Cc1[nH]c(/C=C2/C(=O)NN=C2c2cccnn2)c(C)c1CCN(C)c1ccncc1. The summed E-state index contributed by atoms with van der Waals surface area (Å²) in [7, 11) is 2.07. The Kier molecular flexibility index (Phi) is 5.38. The summed E-state index contributed by atoms with van der Waals surface area (Å²) in [4.78, 5) is 22.1. The number of carbonyl (C=O) groups excluding carboxylic acids is 1. The zero-order valence-corrected chi connectivity index (χ0v) is 17.2. The quantitative estimate of drug-likeness (QED) is 0.618. The molecule has 4 rings (SSSR count). The fraction of sp³-hybridized carbons (Fsp3) is 0.227. The molecule has 0 atom stereocenters. The molecule has 1 aliphatic rings. The van der Waals surface area contributed by atoms with Crippen molar-refractivity contribution in [2.24, 2.45) is 5.10 Å². The van der Waals surface area contributed by atoms with E-state index in [0.717, 1.165) is 35.6 Å². The lowest BCUT2D eigenvalue weighted by Crippen LogP contribution is -2.20. The molecule has 8 heteroatoms. The first-order valence-electron chi connectivity index (χ1n) is 9.72. The zero-order valence-electron chi connectivity index (χ0n) is 17.2. The van der Waals surface area contributed by atoms with Gasteiger partial charge < -0.3 is 9.88 Å². The van der Waals surface area contributed by atoms with Crippen molar-refractivity contribution in [2.45, 2.75) is 20.3 Å². The van der Waals surface area contributed by atoms with Crippen molar-refractivity contribution in [3.63, 3.8) is 0 Å². The number of nitrogens with one attached hydrogen (secondary N) is 2. The third-order valence-electron chi connectivity index (χ3n) is 5.30. The van der Waals surface area contributed by atoms with Crippen molar-refractivity contribution in [3.05, 3.63) is 76.6 Å². The molecule has 0 aliphatic carbocycles. The van der Waals surface area contributed by atoms with E-state index in [1.807, 2.05) is 18.2 Å². The highest BCUT2D eigenvalue weighted by Crippen LogP contribution is 2.24. The van der Waals surface area contributed by atoms with Gasteiger partial charge in [0.05, 0.1) is 5.57 Å². The number of hydrogen-bond acceptors (Lipinski definition) is 6. The minimum Gasteiger partial charge on any atom is -0.374 e. The second-order valence-corrected chi connectivity index (χ2v) is 7.21. The van der Waals surface area contributed by atoms with Gasteiger partial charge >= 0.3 is 0 Å². The van der Waals surface area contributed by atoms with E-state index in [9.17, 15) is 4.79 Å². The predicted octanol–water partition coefficient (Wildman–Crippen LogP) is 2.41. The van der Waals surface area contributed by atoms with Crippen molar-refractivity contribution in [1.29, 1.82) is 0 Å². The maximum atomic E-state index is 12.4. The minimum absolute atomic E-state index is 0.249. The molecular weight excluding hydrogens is 378 g/mol. The Morgan fingerprint density at radius 3 is 2.67 bits per heavy atom. The average molecular weight is 401 g/mol.